The number of para-hydroxylation sites is 1. The molecular formula is C22H28N6O. The predicted molar refractivity (Wildman–Crippen MR) is 116 cm³/mol. The van der Waals surface area contributed by atoms with Gasteiger partial charge < -0.3 is 16.0 Å². The Morgan fingerprint density at radius 3 is 2.72 bits per heavy atom. The van der Waals surface area contributed by atoms with E-state index in [1.165, 1.54) is 12.4 Å². The molecule has 0 radical (unpaired) electrons. The molecule has 2 aromatic heterocycles. The summed E-state index contributed by atoms with van der Waals surface area (Å²) in [5, 5.41) is 3.99. The van der Waals surface area contributed by atoms with Crippen LogP contribution in [0, 0.1) is 6.92 Å². The van der Waals surface area contributed by atoms with E-state index < -0.39 is 0 Å². The summed E-state index contributed by atoms with van der Waals surface area (Å²) in [5.41, 5.74) is 10.1. The number of nitrogens with zero attached hydrogens (tertiary/aromatic N) is 4. The number of nitrogen functional groups attached to an aromatic ring is 1. The molecule has 0 spiro atoms. The van der Waals surface area contributed by atoms with Gasteiger partial charge in [0.25, 0.3) is 5.91 Å². The van der Waals surface area contributed by atoms with Crippen LogP contribution in [0.1, 0.15) is 40.2 Å². The summed E-state index contributed by atoms with van der Waals surface area (Å²) in [4.78, 5) is 27.6. The first-order chi connectivity index (χ1) is 14.0. The largest absolute Gasteiger partial charge is 0.382 e. The molecular weight excluding hydrogens is 364 g/mol. The van der Waals surface area contributed by atoms with Crippen molar-refractivity contribution in [1.29, 1.82) is 0 Å². The maximum atomic E-state index is 12.5. The first-order valence-corrected chi connectivity index (χ1v) is 9.83. The second kappa shape index (κ2) is 9.43. The third kappa shape index (κ3) is 5.26. The summed E-state index contributed by atoms with van der Waals surface area (Å²) in [6.45, 7) is 3.49. The highest BCUT2D eigenvalue weighted by Crippen LogP contribution is 2.21. The van der Waals surface area contributed by atoms with E-state index in [1.54, 1.807) is 0 Å². The Bertz CT molecular complexity index is 1000. The summed E-state index contributed by atoms with van der Waals surface area (Å²) in [6.07, 6.45) is 5.94. The molecule has 1 aromatic carbocycles. The summed E-state index contributed by atoms with van der Waals surface area (Å²) in [7, 11) is 4.16. The molecule has 0 aliphatic rings. The SMILES string of the molecule is Cc1cccc2cc(CNC(=O)c3nccnc3N)c(CCCCN(C)C)nc12. The van der Waals surface area contributed by atoms with Gasteiger partial charge in [-0.1, -0.05) is 18.2 Å². The Morgan fingerprint density at radius 2 is 1.97 bits per heavy atom. The number of aromatic nitrogens is 3. The van der Waals surface area contributed by atoms with Crippen LogP contribution in [0.15, 0.2) is 36.7 Å². The number of hydrogen-bond acceptors (Lipinski definition) is 6. The van der Waals surface area contributed by atoms with E-state index in [1.807, 2.05) is 6.07 Å². The molecule has 3 N–H and O–H groups in total. The highest BCUT2D eigenvalue weighted by atomic mass is 16.1. The van der Waals surface area contributed by atoms with Gasteiger partial charge in [-0.15, -0.1) is 0 Å². The molecule has 3 aromatic rings. The molecule has 0 saturated carbocycles. The van der Waals surface area contributed by atoms with Crippen molar-refractivity contribution in [3.63, 3.8) is 0 Å². The number of aryl methyl sites for hydroxylation is 2. The van der Waals surface area contributed by atoms with Crippen molar-refractivity contribution in [3.05, 3.63) is 59.2 Å². The van der Waals surface area contributed by atoms with Crippen LogP contribution in [0.5, 0.6) is 0 Å². The summed E-state index contributed by atoms with van der Waals surface area (Å²) >= 11 is 0. The van der Waals surface area contributed by atoms with Crippen LogP contribution in [0.3, 0.4) is 0 Å². The predicted octanol–water partition coefficient (Wildman–Crippen LogP) is 2.73. The first-order valence-electron chi connectivity index (χ1n) is 9.83. The maximum Gasteiger partial charge on any atom is 0.273 e. The second-order valence-corrected chi connectivity index (χ2v) is 7.47. The molecule has 0 atom stereocenters. The van der Waals surface area contributed by atoms with Gasteiger partial charge >= 0.3 is 0 Å². The third-order valence-electron chi connectivity index (χ3n) is 4.87. The summed E-state index contributed by atoms with van der Waals surface area (Å²) in [5.74, 6) is -0.209. The van der Waals surface area contributed by atoms with Crippen LogP contribution in [-0.4, -0.2) is 46.4 Å². The number of carbonyl (C=O) groups excluding carboxylic acids is 1. The van der Waals surface area contributed by atoms with Crippen molar-refractivity contribution < 1.29 is 4.79 Å². The Morgan fingerprint density at radius 1 is 1.17 bits per heavy atom. The number of anilines is 1. The monoisotopic (exact) mass is 392 g/mol. The molecule has 0 fully saturated rings. The molecule has 0 saturated heterocycles. The summed E-state index contributed by atoms with van der Waals surface area (Å²) in [6, 6.07) is 8.27. The molecule has 152 valence electrons. The lowest BCUT2D eigenvalue weighted by Gasteiger charge is -2.14. The fourth-order valence-corrected chi connectivity index (χ4v) is 3.30. The van der Waals surface area contributed by atoms with Gasteiger partial charge in [0.15, 0.2) is 11.5 Å². The number of amides is 1. The lowest BCUT2D eigenvalue weighted by molar-refractivity contribution is 0.0946. The molecule has 0 unspecified atom stereocenters. The Balaban J connectivity index is 1.81. The molecule has 3 rings (SSSR count). The van der Waals surface area contributed by atoms with Crippen molar-refractivity contribution in [3.8, 4) is 0 Å². The van der Waals surface area contributed by atoms with Gasteiger partial charge in [0.1, 0.15) is 0 Å². The summed E-state index contributed by atoms with van der Waals surface area (Å²) < 4.78 is 0. The highest BCUT2D eigenvalue weighted by Gasteiger charge is 2.14. The van der Waals surface area contributed by atoms with Crippen molar-refractivity contribution >= 4 is 22.6 Å². The zero-order valence-electron chi connectivity index (χ0n) is 17.3. The lowest BCUT2D eigenvalue weighted by atomic mass is 10.0. The Labute approximate surface area is 171 Å². The maximum absolute atomic E-state index is 12.5. The van der Waals surface area contributed by atoms with Gasteiger partial charge in [0.05, 0.1) is 5.52 Å². The topological polar surface area (TPSA) is 97.0 Å². The van der Waals surface area contributed by atoms with Gasteiger partial charge in [0, 0.05) is 30.0 Å². The zero-order chi connectivity index (χ0) is 20.8. The number of benzene rings is 1. The lowest BCUT2D eigenvalue weighted by Crippen LogP contribution is -2.26. The quantitative estimate of drug-likeness (QED) is 0.572. The standard InChI is InChI=1S/C22H28N6O/c1-15-7-6-8-16-13-17(14-26-22(29)20-21(23)25-11-10-24-20)18(27-19(15)16)9-4-5-12-28(2)3/h6-8,10-11,13H,4-5,9,12,14H2,1-3H3,(H2,23,25)(H,26,29). The van der Waals surface area contributed by atoms with Crippen LogP contribution in [0.25, 0.3) is 10.9 Å². The van der Waals surface area contributed by atoms with E-state index in [-0.39, 0.29) is 17.4 Å². The van der Waals surface area contributed by atoms with Crippen molar-refractivity contribution in [1.82, 2.24) is 25.2 Å². The fourth-order valence-electron chi connectivity index (χ4n) is 3.30. The number of pyridine rings is 1. The van der Waals surface area contributed by atoms with Gasteiger partial charge in [-0.05, 0) is 64.0 Å². The number of rotatable bonds is 8. The van der Waals surface area contributed by atoms with Crippen LogP contribution in [0.2, 0.25) is 0 Å². The molecule has 7 heteroatoms. The van der Waals surface area contributed by atoms with Gasteiger partial charge in [-0.2, -0.15) is 0 Å². The van der Waals surface area contributed by atoms with E-state index in [0.717, 1.165) is 53.5 Å². The van der Waals surface area contributed by atoms with Crippen molar-refractivity contribution in [2.45, 2.75) is 32.7 Å². The van der Waals surface area contributed by atoms with Crippen LogP contribution >= 0.6 is 0 Å². The van der Waals surface area contributed by atoms with Crippen LogP contribution in [-0.2, 0) is 13.0 Å². The van der Waals surface area contributed by atoms with Crippen LogP contribution in [0.4, 0.5) is 5.82 Å². The van der Waals surface area contributed by atoms with E-state index in [9.17, 15) is 4.79 Å². The molecule has 0 aliphatic heterocycles. The van der Waals surface area contributed by atoms with Gasteiger partial charge in [-0.25, -0.2) is 9.97 Å². The highest BCUT2D eigenvalue weighted by molar-refractivity contribution is 5.96. The molecule has 1 amide bonds. The molecule has 29 heavy (non-hydrogen) atoms. The number of hydrogen-bond donors (Lipinski definition) is 2. The van der Waals surface area contributed by atoms with Gasteiger partial charge in [0.2, 0.25) is 0 Å². The minimum atomic E-state index is -0.335. The molecule has 2 heterocycles. The van der Waals surface area contributed by atoms with Crippen molar-refractivity contribution in [2.24, 2.45) is 0 Å². The normalized spacial score (nSPS) is 11.2. The number of unbranched alkanes of at least 4 members (excludes halogenated alkanes) is 1. The number of fused-ring (bicyclic) bond motifs is 1. The van der Waals surface area contributed by atoms with Gasteiger partial charge in [-0.3, -0.25) is 9.78 Å². The van der Waals surface area contributed by atoms with E-state index in [4.69, 9.17) is 10.7 Å². The average Bonchev–Trinajstić information content (AvgIpc) is 2.70. The molecule has 0 aliphatic carbocycles. The molecule has 0 bridgehead atoms. The second-order valence-electron chi connectivity index (χ2n) is 7.47. The number of nitrogens with two attached hydrogens (primary N) is 1. The minimum Gasteiger partial charge on any atom is -0.382 e. The Kier molecular flexibility index (Phi) is 6.72. The molecule has 7 nitrogen and oxygen atoms in total. The average molecular weight is 393 g/mol. The van der Waals surface area contributed by atoms with Crippen molar-refractivity contribution in [2.75, 3.05) is 26.4 Å². The number of nitrogens with one attached hydrogen (secondary N) is 1. The minimum absolute atomic E-state index is 0.126. The first kappa shape index (κ1) is 20.7. The Hall–Kier alpha value is -3.06. The third-order valence-corrected chi connectivity index (χ3v) is 4.87. The van der Waals surface area contributed by atoms with E-state index in [2.05, 4.69) is 59.4 Å². The smallest absolute Gasteiger partial charge is 0.273 e. The fraction of sp³-hybridized carbons (Fsp3) is 0.364. The zero-order valence-corrected chi connectivity index (χ0v) is 17.3. The number of carbonyl (C=O) groups is 1. The van der Waals surface area contributed by atoms with Crippen LogP contribution < -0.4 is 11.1 Å². The van der Waals surface area contributed by atoms with E-state index >= 15 is 0 Å². The van der Waals surface area contributed by atoms with E-state index in [0.29, 0.717) is 6.54 Å².